The van der Waals surface area contributed by atoms with E-state index in [0.29, 0.717) is 11.3 Å². The number of anilines is 1. The molecule has 0 spiro atoms. The van der Waals surface area contributed by atoms with Crippen molar-refractivity contribution in [3.05, 3.63) is 95.3 Å². The van der Waals surface area contributed by atoms with E-state index in [2.05, 4.69) is 5.32 Å². The molecular weight excluding hydrogens is 361 g/mol. The Balaban J connectivity index is 1.85. The number of phenols is 1. The van der Waals surface area contributed by atoms with Gasteiger partial charge in [-0.25, -0.2) is 9.18 Å². The normalized spacial score (nSPS) is 11.5. The van der Waals surface area contributed by atoms with E-state index in [4.69, 9.17) is 4.74 Å². The number of ether oxygens (including phenoxy) is 1. The summed E-state index contributed by atoms with van der Waals surface area (Å²) in [6.45, 7) is 1.78. The number of aryl methyl sites for hydroxylation is 1. The van der Waals surface area contributed by atoms with E-state index in [1.165, 1.54) is 36.4 Å². The molecule has 0 radical (unpaired) electrons. The summed E-state index contributed by atoms with van der Waals surface area (Å²) in [5, 5.41) is 12.6. The van der Waals surface area contributed by atoms with Gasteiger partial charge in [0.05, 0.1) is 0 Å². The van der Waals surface area contributed by atoms with Crippen LogP contribution in [0.15, 0.2) is 72.8 Å². The average Bonchev–Trinajstić information content (AvgIpc) is 2.68. The Morgan fingerprint density at radius 2 is 1.68 bits per heavy atom. The highest BCUT2D eigenvalue weighted by Crippen LogP contribution is 2.25. The van der Waals surface area contributed by atoms with Crippen molar-refractivity contribution in [1.82, 2.24) is 0 Å². The van der Waals surface area contributed by atoms with Crippen LogP contribution in [-0.2, 0) is 9.53 Å². The minimum Gasteiger partial charge on any atom is -0.507 e. The topological polar surface area (TPSA) is 75.6 Å². The second-order valence-corrected chi connectivity index (χ2v) is 6.21. The van der Waals surface area contributed by atoms with Crippen molar-refractivity contribution in [2.24, 2.45) is 0 Å². The van der Waals surface area contributed by atoms with Crippen LogP contribution < -0.4 is 5.32 Å². The Hall–Kier alpha value is -3.67. The molecule has 2 N–H and O–H groups in total. The fourth-order valence-corrected chi connectivity index (χ4v) is 2.63. The Bertz CT molecular complexity index is 987. The summed E-state index contributed by atoms with van der Waals surface area (Å²) in [5.41, 5.74) is 1.56. The average molecular weight is 379 g/mol. The largest absolute Gasteiger partial charge is 0.507 e. The van der Waals surface area contributed by atoms with Crippen molar-refractivity contribution >= 4 is 17.6 Å². The Morgan fingerprint density at radius 1 is 1.00 bits per heavy atom. The summed E-state index contributed by atoms with van der Waals surface area (Å²) in [4.78, 5) is 25.3. The van der Waals surface area contributed by atoms with Crippen molar-refractivity contribution in [2.45, 2.75) is 13.0 Å². The van der Waals surface area contributed by atoms with Crippen molar-refractivity contribution in [2.75, 3.05) is 5.32 Å². The molecule has 0 aliphatic carbocycles. The maximum Gasteiger partial charge on any atom is 0.343 e. The fraction of sp³-hybridized carbons (Fsp3) is 0.0909. The monoisotopic (exact) mass is 379 g/mol. The van der Waals surface area contributed by atoms with Crippen LogP contribution in [0.1, 0.15) is 27.6 Å². The lowest BCUT2D eigenvalue weighted by Gasteiger charge is -2.18. The highest BCUT2D eigenvalue weighted by atomic mass is 19.1. The molecule has 1 atom stereocenters. The fourth-order valence-electron chi connectivity index (χ4n) is 2.63. The van der Waals surface area contributed by atoms with Gasteiger partial charge in [0.2, 0.25) is 6.10 Å². The van der Waals surface area contributed by atoms with E-state index in [0.717, 1.165) is 5.56 Å². The molecule has 0 unspecified atom stereocenters. The molecule has 0 aromatic heterocycles. The Kier molecular flexibility index (Phi) is 5.69. The Morgan fingerprint density at radius 3 is 2.32 bits per heavy atom. The number of hydrogen-bond donors (Lipinski definition) is 2. The lowest BCUT2D eigenvalue weighted by molar-refractivity contribution is -0.125. The van der Waals surface area contributed by atoms with Gasteiger partial charge in [-0.2, -0.15) is 0 Å². The first kappa shape index (κ1) is 19.1. The van der Waals surface area contributed by atoms with Gasteiger partial charge in [0, 0.05) is 11.3 Å². The molecule has 0 saturated heterocycles. The van der Waals surface area contributed by atoms with Crippen LogP contribution >= 0.6 is 0 Å². The van der Waals surface area contributed by atoms with Crippen LogP contribution in [0.4, 0.5) is 10.1 Å². The molecule has 0 aliphatic heterocycles. The van der Waals surface area contributed by atoms with Crippen LogP contribution in [0.25, 0.3) is 0 Å². The van der Waals surface area contributed by atoms with Crippen molar-refractivity contribution in [3.8, 4) is 5.75 Å². The van der Waals surface area contributed by atoms with Crippen molar-refractivity contribution in [1.29, 1.82) is 0 Å². The highest BCUT2D eigenvalue weighted by Gasteiger charge is 2.27. The number of amides is 1. The zero-order valence-electron chi connectivity index (χ0n) is 15.1. The zero-order valence-corrected chi connectivity index (χ0v) is 15.1. The SMILES string of the molecule is Cc1ccc(C(=O)O[C@H](C(=O)Nc2ccc(F)cc2)c2ccccc2)c(O)c1. The third kappa shape index (κ3) is 4.54. The first-order chi connectivity index (χ1) is 13.4. The quantitative estimate of drug-likeness (QED) is 0.645. The number of carbonyl (C=O) groups is 2. The van der Waals surface area contributed by atoms with Crippen LogP contribution in [0.5, 0.6) is 5.75 Å². The second-order valence-electron chi connectivity index (χ2n) is 6.21. The minimum absolute atomic E-state index is 0.0406. The maximum atomic E-state index is 13.1. The predicted molar refractivity (Wildman–Crippen MR) is 102 cm³/mol. The number of phenolic OH excluding ortho intramolecular Hbond substituents is 1. The van der Waals surface area contributed by atoms with Gasteiger partial charge in [0.1, 0.15) is 17.1 Å². The van der Waals surface area contributed by atoms with E-state index >= 15 is 0 Å². The van der Waals surface area contributed by atoms with Crippen LogP contribution in [0.3, 0.4) is 0 Å². The van der Waals surface area contributed by atoms with E-state index < -0.39 is 23.8 Å². The van der Waals surface area contributed by atoms with Gasteiger partial charge in [-0.15, -0.1) is 0 Å². The second kappa shape index (κ2) is 8.35. The predicted octanol–water partition coefficient (Wildman–Crippen LogP) is 4.38. The van der Waals surface area contributed by atoms with Gasteiger partial charge < -0.3 is 15.2 Å². The van der Waals surface area contributed by atoms with Crippen LogP contribution in [0.2, 0.25) is 0 Å². The lowest BCUT2D eigenvalue weighted by atomic mass is 10.1. The van der Waals surface area contributed by atoms with Gasteiger partial charge in [-0.3, -0.25) is 4.79 Å². The minimum atomic E-state index is -1.25. The van der Waals surface area contributed by atoms with Gasteiger partial charge in [0.15, 0.2) is 0 Å². The van der Waals surface area contributed by atoms with E-state index in [1.54, 1.807) is 43.3 Å². The summed E-state index contributed by atoms with van der Waals surface area (Å²) in [6.07, 6.45) is -1.25. The molecule has 3 aromatic carbocycles. The summed E-state index contributed by atoms with van der Waals surface area (Å²) in [6, 6.07) is 18.3. The molecule has 1 amide bonds. The van der Waals surface area contributed by atoms with Crippen molar-refractivity contribution < 1.29 is 23.8 Å². The summed E-state index contributed by atoms with van der Waals surface area (Å²) in [7, 11) is 0. The van der Waals surface area contributed by atoms with E-state index in [1.807, 2.05) is 0 Å². The molecule has 142 valence electrons. The first-order valence-corrected chi connectivity index (χ1v) is 8.56. The number of benzene rings is 3. The summed E-state index contributed by atoms with van der Waals surface area (Å²) in [5.74, 6) is -2.09. The zero-order chi connectivity index (χ0) is 20.1. The highest BCUT2D eigenvalue weighted by molar-refractivity contribution is 5.99. The molecule has 0 fully saturated rings. The molecule has 0 aliphatic rings. The van der Waals surface area contributed by atoms with Gasteiger partial charge >= 0.3 is 5.97 Å². The molecule has 0 saturated carbocycles. The Labute approximate surface area is 161 Å². The number of hydrogen-bond acceptors (Lipinski definition) is 4. The number of nitrogens with one attached hydrogen (secondary N) is 1. The third-order valence-electron chi connectivity index (χ3n) is 4.05. The molecule has 5 nitrogen and oxygen atoms in total. The molecule has 3 rings (SSSR count). The van der Waals surface area contributed by atoms with Crippen LogP contribution in [-0.4, -0.2) is 17.0 Å². The summed E-state index contributed by atoms with van der Waals surface area (Å²) >= 11 is 0. The smallest absolute Gasteiger partial charge is 0.343 e. The standard InChI is InChI=1S/C22H18FNO4/c1-14-7-12-18(19(25)13-14)22(27)28-20(15-5-3-2-4-6-15)21(26)24-17-10-8-16(23)9-11-17/h2-13,20,25H,1H3,(H,24,26)/t20-/m0/s1. The molecule has 28 heavy (non-hydrogen) atoms. The van der Waals surface area contributed by atoms with Gasteiger partial charge in [-0.1, -0.05) is 36.4 Å². The molecule has 6 heteroatoms. The molecule has 0 bridgehead atoms. The molecule has 3 aromatic rings. The molecular formula is C22H18FNO4. The third-order valence-corrected chi connectivity index (χ3v) is 4.05. The number of halogens is 1. The number of carbonyl (C=O) groups excluding carboxylic acids is 2. The number of aromatic hydroxyl groups is 1. The number of esters is 1. The summed E-state index contributed by atoms with van der Waals surface area (Å²) < 4.78 is 18.5. The van der Waals surface area contributed by atoms with Gasteiger partial charge in [0.25, 0.3) is 5.91 Å². The van der Waals surface area contributed by atoms with E-state index in [9.17, 15) is 19.1 Å². The van der Waals surface area contributed by atoms with Crippen molar-refractivity contribution in [3.63, 3.8) is 0 Å². The maximum absolute atomic E-state index is 13.1. The van der Waals surface area contributed by atoms with E-state index in [-0.39, 0.29) is 11.3 Å². The van der Waals surface area contributed by atoms with Gasteiger partial charge in [-0.05, 0) is 48.9 Å². The first-order valence-electron chi connectivity index (χ1n) is 8.56. The van der Waals surface area contributed by atoms with Crippen LogP contribution in [0, 0.1) is 12.7 Å². The lowest BCUT2D eigenvalue weighted by Crippen LogP contribution is -2.26. The number of rotatable bonds is 5. The molecule has 0 heterocycles.